The summed E-state index contributed by atoms with van der Waals surface area (Å²) in [5.41, 5.74) is 0.764. The van der Waals surface area contributed by atoms with Gasteiger partial charge in [-0.25, -0.2) is 0 Å². The van der Waals surface area contributed by atoms with Crippen molar-refractivity contribution >= 4 is 17.2 Å². The number of aliphatic hydroxyl groups excluding tert-OH is 1. The van der Waals surface area contributed by atoms with Crippen LogP contribution in [0.5, 0.6) is 0 Å². The minimum absolute atomic E-state index is 0.188. The maximum Gasteiger partial charge on any atom is 0.257 e. The number of rotatable bonds is 3. The number of hydrogen-bond donors (Lipinski definition) is 2. The Morgan fingerprint density at radius 1 is 1.65 bits per heavy atom. The van der Waals surface area contributed by atoms with Crippen LogP contribution in [0.1, 0.15) is 29.1 Å². The quantitative estimate of drug-likeness (QED) is 0.873. The number of nitrogens with zero attached hydrogens (tertiary/aromatic N) is 1. The molecule has 2 rings (SSSR count). The summed E-state index contributed by atoms with van der Waals surface area (Å²) in [4.78, 5) is 12.6. The van der Waals surface area contributed by atoms with Gasteiger partial charge in [-0.1, -0.05) is 11.2 Å². The molecule has 0 radical (unpaired) electrons. The van der Waals surface area contributed by atoms with Crippen molar-refractivity contribution in [2.45, 2.75) is 13.0 Å². The number of carbonyl (C=O) groups excluding carboxylic acids is 1. The van der Waals surface area contributed by atoms with E-state index in [-0.39, 0.29) is 11.7 Å². The molecule has 0 spiro atoms. The molecule has 0 aliphatic heterocycles. The van der Waals surface area contributed by atoms with Crippen LogP contribution < -0.4 is 5.32 Å². The predicted octanol–water partition coefficient (Wildman–Crippen LogP) is 1.82. The Balaban J connectivity index is 2.57. The molecule has 6 heteroatoms. The number of aliphatic hydroxyl groups is 1. The van der Waals surface area contributed by atoms with E-state index in [0.717, 1.165) is 4.88 Å². The predicted molar refractivity (Wildman–Crippen MR) is 63.8 cm³/mol. The molecule has 2 aromatic heterocycles. The Hall–Kier alpha value is -1.66. The summed E-state index contributed by atoms with van der Waals surface area (Å²) in [6.07, 6.45) is -0.872. The standard InChI is InChI=1S/C11H12N2O3S/c1-6(14)10-8(11(15)12-2)9(13-16-10)7-4-3-5-17-7/h3-6,14H,1-2H3,(H,12,15). The van der Waals surface area contributed by atoms with E-state index in [1.54, 1.807) is 0 Å². The fourth-order valence-corrected chi connectivity index (χ4v) is 2.23. The molecule has 5 nitrogen and oxygen atoms in total. The molecular weight excluding hydrogens is 240 g/mol. The largest absolute Gasteiger partial charge is 0.385 e. The van der Waals surface area contributed by atoms with E-state index < -0.39 is 6.10 Å². The van der Waals surface area contributed by atoms with Gasteiger partial charge in [0.15, 0.2) is 5.76 Å². The van der Waals surface area contributed by atoms with Crippen LogP contribution in [0, 0.1) is 0 Å². The number of nitrogens with one attached hydrogen (secondary N) is 1. The second-order valence-corrected chi connectivity index (χ2v) is 4.45. The first-order valence-corrected chi connectivity index (χ1v) is 5.96. The Bertz CT molecular complexity index is 517. The smallest absolute Gasteiger partial charge is 0.257 e. The van der Waals surface area contributed by atoms with Crippen molar-refractivity contribution in [3.8, 4) is 10.6 Å². The molecule has 90 valence electrons. The molecule has 0 fully saturated rings. The van der Waals surface area contributed by atoms with Crippen molar-refractivity contribution in [3.05, 3.63) is 28.8 Å². The summed E-state index contributed by atoms with van der Waals surface area (Å²) in [5.74, 6) is -0.127. The second-order valence-electron chi connectivity index (χ2n) is 3.50. The summed E-state index contributed by atoms with van der Waals surface area (Å²) in [5, 5.41) is 17.8. The molecule has 1 atom stereocenters. The molecule has 0 aliphatic carbocycles. The van der Waals surface area contributed by atoms with Crippen LogP contribution in [0.25, 0.3) is 10.6 Å². The van der Waals surface area contributed by atoms with E-state index in [1.165, 1.54) is 25.3 Å². The number of thiophene rings is 1. The van der Waals surface area contributed by atoms with Crippen LogP contribution in [0.2, 0.25) is 0 Å². The molecule has 2 aromatic rings. The monoisotopic (exact) mass is 252 g/mol. The third-order valence-corrected chi connectivity index (χ3v) is 3.18. The Kier molecular flexibility index (Phi) is 3.26. The SMILES string of the molecule is CNC(=O)c1c(-c2cccs2)noc1C(C)O. The second kappa shape index (κ2) is 4.68. The lowest BCUT2D eigenvalue weighted by molar-refractivity contribution is 0.0950. The number of hydrogen-bond acceptors (Lipinski definition) is 5. The third kappa shape index (κ3) is 2.09. The van der Waals surface area contributed by atoms with Gasteiger partial charge in [0.05, 0.1) is 4.88 Å². The van der Waals surface area contributed by atoms with Crippen molar-refractivity contribution in [2.24, 2.45) is 0 Å². The van der Waals surface area contributed by atoms with Gasteiger partial charge in [-0.2, -0.15) is 0 Å². The molecule has 0 saturated carbocycles. The molecule has 0 aliphatic rings. The molecule has 17 heavy (non-hydrogen) atoms. The van der Waals surface area contributed by atoms with Gasteiger partial charge in [0, 0.05) is 7.05 Å². The van der Waals surface area contributed by atoms with Crippen LogP contribution >= 0.6 is 11.3 Å². The van der Waals surface area contributed by atoms with Gasteiger partial charge < -0.3 is 14.9 Å². The van der Waals surface area contributed by atoms with E-state index in [4.69, 9.17) is 4.52 Å². The molecule has 0 bridgehead atoms. The van der Waals surface area contributed by atoms with E-state index in [9.17, 15) is 9.90 Å². The van der Waals surface area contributed by atoms with E-state index in [1.807, 2.05) is 17.5 Å². The summed E-state index contributed by atoms with van der Waals surface area (Å²) in [7, 11) is 1.53. The Labute approximate surface area is 102 Å². The highest BCUT2D eigenvalue weighted by Gasteiger charge is 2.26. The van der Waals surface area contributed by atoms with Gasteiger partial charge >= 0.3 is 0 Å². The van der Waals surface area contributed by atoms with Crippen molar-refractivity contribution in [1.82, 2.24) is 10.5 Å². The van der Waals surface area contributed by atoms with Gasteiger partial charge in [0.1, 0.15) is 17.4 Å². The average molecular weight is 252 g/mol. The fraction of sp³-hybridized carbons (Fsp3) is 0.273. The van der Waals surface area contributed by atoms with E-state index in [0.29, 0.717) is 11.3 Å². The van der Waals surface area contributed by atoms with Crippen molar-refractivity contribution in [2.75, 3.05) is 7.05 Å². The molecule has 2 N–H and O–H groups in total. The van der Waals surface area contributed by atoms with Crippen molar-refractivity contribution in [1.29, 1.82) is 0 Å². The zero-order chi connectivity index (χ0) is 12.4. The topological polar surface area (TPSA) is 75.4 Å². The zero-order valence-corrected chi connectivity index (χ0v) is 10.2. The summed E-state index contributed by atoms with van der Waals surface area (Å²) >= 11 is 1.46. The molecule has 0 saturated heterocycles. The van der Waals surface area contributed by atoms with E-state index >= 15 is 0 Å². The summed E-state index contributed by atoms with van der Waals surface area (Å²) < 4.78 is 5.05. The van der Waals surface area contributed by atoms with Crippen molar-refractivity contribution in [3.63, 3.8) is 0 Å². The number of amides is 1. The van der Waals surface area contributed by atoms with Gasteiger partial charge in [-0.15, -0.1) is 11.3 Å². The van der Waals surface area contributed by atoms with Crippen LogP contribution in [0.3, 0.4) is 0 Å². The van der Waals surface area contributed by atoms with Crippen LogP contribution in [0.4, 0.5) is 0 Å². The first kappa shape index (κ1) is 11.8. The normalized spacial score (nSPS) is 12.4. The lowest BCUT2D eigenvalue weighted by Gasteiger charge is -2.03. The number of aromatic nitrogens is 1. The highest BCUT2D eigenvalue weighted by atomic mass is 32.1. The minimum atomic E-state index is -0.872. The highest BCUT2D eigenvalue weighted by molar-refractivity contribution is 7.13. The molecule has 1 amide bonds. The van der Waals surface area contributed by atoms with E-state index in [2.05, 4.69) is 10.5 Å². The zero-order valence-electron chi connectivity index (χ0n) is 9.43. The summed E-state index contributed by atoms with van der Waals surface area (Å²) in [6.45, 7) is 1.53. The van der Waals surface area contributed by atoms with Crippen LogP contribution in [-0.2, 0) is 0 Å². The highest BCUT2D eigenvalue weighted by Crippen LogP contribution is 2.31. The molecule has 1 unspecified atom stereocenters. The molecular formula is C11H12N2O3S. The third-order valence-electron chi connectivity index (χ3n) is 2.31. The first-order valence-electron chi connectivity index (χ1n) is 5.08. The van der Waals surface area contributed by atoms with Gasteiger partial charge in [0.25, 0.3) is 5.91 Å². The van der Waals surface area contributed by atoms with Gasteiger partial charge in [-0.05, 0) is 18.4 Å². The van der Waals surface area contributed by atoms with Crippen LogP contribution in [-0.4, -0.2) is 23.2 Å². The Morgan fingerprint density at radius 3 is 2.94 bits per heavy atom. The lowest BCUT2D eigenvalue weighted by Crippen LogP contribution is -2.20. The maximum atomic E-state index is 11.8. The Morgan fingerprint density at radius 2 is 2.41 bits per heavy atom. The minimum Gasteiger partial charge on any atom is -0.385 e. The lowest BCUT2D eigenvalue weighted by atomic mass is 10.1. The molecule has 2 heterocycles. The first-order chi connectivity index (χ1) is 8.15. The number of carbonyl (C=O) groups is 1. The van der Waals surface area contributed by atoms with Crippen LogP contribution in [0.15, 0.2) is 22.0 Å². The fourth-order valence-electron chi connectivity index (χ4n) is 1.51. The maximum absolute atomic E-state index is 11.8. The molecule has 0 aromatic carbocycles. The summed E-state index contributed by atoms with van der Waals surface area (Å²) in [6, 6.07) is 3.71. The average Bonchev–Trinajstić information content (AvgIpc) is 2.95. The van der Waals surface area contributed by atoms with Gasteiger partial charge in [-0.3, -0.25) is 4.79 Å². The van der Waals surface area contributed by atoms with Gasteiger partial charge in [0.2, 0.25) is 0 Å². The van der Waals surface area contributed by atoms with Crippen molar-refractivity contribution < 1.29 is 14.4 Å².